The second-order valence-electron chi connectivity index (χ2n) is 8.98. The smallest absolute Gasteiger partial charge is 0.295 e. The van der Waals surface area contributed by atoms with E-state index in [1.807, 2.05) is 38.1 Å². The molecule has 1 aliphatic heterocycles. The zero-order valence-corrected chi connectivity index (χ0v) is 20.3. The molecular formula is C25H30N5O3S+. The maximum Gasteiger partial charge on any atom is 0.305 e. The van der Waals surface area contributed by atoms with Crippen molar-refractivity contribution in [1.29, 1.82) is 0 Å². The topological polar surface area (TPSA) is 82.6 Å². The van der Waals surface area contributed by atoms with E-state index >= 15 is 0 Å². The van der Waals surface area contributed by atoms with E-state index in [1.54, 1.807) is 23.1 Å². The zero-order valence-electron chi connectivity index (χ0n) is 19.5. The third-order valence-electron chi connectivity index (χ3n) is 5.77. The summed E-state index contributed by atoms with van der Waals surface area (Å²) >= 11 is 1.14. The van der Waals surface area contributed by atoms with Crippen molar-refractivity contribution in [3.8, 4) is 0 Å². The Bertz CT molecular complexity index is 1100. The molecule has 0 atom stereocenters. The van der Waals surface area contributed by atoms with Gasteiger partial charge in [-0.15, -0.1) is 0 Å². The molecule has 9 heteroatoms. The number of carbonyl (C=O) groups is 2. The minimum atomic E-state index is -0.768. The van der Waals surface area contributed by atoms with Crippen molar-refractivity contribution in [2.75, 3.05) is 42.3 Å². The highest BCUT2D eigenvalue weighted by Gasteiger charge is 2.32. The van der Waals surface area contributed by atoms with E-state index in [0.717, 1.165) is 44.5 Å². The molecule has 0 spiro atoms. The van der Waals surface area contributed by atoms with Crippen molar-refractivity contribution in [3.63, 3.8) is 0 Å². The average Bonchev–Trinajstić information content (AvgIpc) is 3.32. The molecule has 34 heavy (non-hydrogen) atoms. The Morgan fingerprint density at radius 1 is 1.03 bits per heavy atom. The van der Waals surface area contributed by atoms with Gasteiger partial charge in [0, 0.05) is 31.0 Å². The van der Waals surface area contributed by atoms with Crippen LogP contribution in [0.25, 0.3) is 0 Å². The summed E-state index contributed by atoms with van der Waals surface area (Å²) in [4.78, 5) is 29.3. The van der Waals surface area contributed by atoms with Crippen LogP contribution in [0.4, 0.5) is 5.88 Å². The van der Waals surface area contributed by atoms with E-state index in [2.05, 4.69) is 44.8 Å². The van der Waals surface area contributed by atoms with Gasteiger partial charge in [-0.1, -0.05) is 86.3 Å². The van der Waals surface area contributed by atoms with Crippen molar-refractivity contribution in [1.82, 2.24) is 10.2 Å². The summed E-state index contributed by atoms with van der Waals surface area (Å²) in [6.45, 7) is 7.99. The number of thioether (sulfide) groups is 1. The molecular weight excluding hydrogens is 450 g/mol. The molecule has 0 saturated carbocycles. The highest BCUT2D eigenvalue weighted by atomic mass is 32.2. The van der Waals surface area contributed by atoms with Crippen molar-refractivity contribution in [2.24, 2.45) is 5.41 Å². The number of amides is 1. The zero-order chi connectivity index (χ0) is 24.0. The number of rotatable bonds is 8. The molecule has 0 unspecified atom stereocenters. The summed E-state index contributed by atoms with van der Waals surface area (Å²) < 4.78 is 5.35. The molecule has 4 rings (SSSR count). The van der Waals surface area contributed by atoms with E-state index in [0.29, 0.717) is 11.3 Å². The minimum absolute atomic E-state index is 0.0506. The van der Waals surface area contributed by atoms with Crippen molar-refractivity contribution in [2.45, 2.75) is 20.4 Å². The largest absolute Gasteiger partial charge is 0.305 e. The highest BCUT2D eigenvalue weighted by molar-refractivity contribution is 8.14. The van der Waals surface area contributed by atoms with Crippen LogP contribution in [-0.4, -0.2) is 53.1 Å². The second kappa shape index (κ2) is 10.8. The van der Waals surface area contributed by atoms with E-state index in [9.17, 15) is 9.59 Å². The van der Waals surface area contributed by atoms with Crippen LogP contribution in [0.5, 0.6) is 0 Å². The lowest BCUT2D eigenvalue weighted by Crippen LogP contribution is -2.65. The van der Waals surface area contributed by atoms with Crippen LogP contribution in [0.3, 0.4) is 0 Å². The summed E-state index contributed by atoms with van der Waals surface area (Å²) in [5.41, 5.74) is 1.17. The quantitative estimate of drug-likeness (QED) is 0.497. The molecule has 3 aromatic rings. The van der Waals surface area contributed by atoms with Gasteiger partial charge in [0.1, 0.15) is 0 Å². The van der Waals surface area contributed by atoms with E-state index in [-0.39, 0.29) is 16.9 Å². The fourth-order valence-corrected chi connectivity index (χ4v) is 4.54. The SMILES string of the molecule is CC(C)(CSC(=O)c1ccccc1)C(=O)Nc1c[n+](N2CCN(Cc3ccccc3)CC2)no1. The number of anilines is 1. The van der Waals surface area contributed by atoms with Crippen LogP contribution < -0.4 is 15.1 Å². The Morgan fingerprint density at radius 2 is 1.68 bits per heavy atom. The van der Waals surface area contributed by atoms with Gasteiger partial charge in [-0.3, -0.25) is 24.3 Å². The van der Waals surface area contributed by atoms with Crippen LogP contribution in [0, 0.1) is 5.41 Å². The van der Waals surface area contributed by atoms with Crippen LogP contribution >= 0.6 is 11.8 Å². The van der Waals surface area contributed by atoms with Gasteiger partial charge in [0.15, 0.2) is 0 Å². The summed E-state index contributed by atoms with van der Waals surface area (Å²) in [6, 6.07) is 19.5. The molecule has 1 aromatic heterocycles. The number of hydrogen-bond donors (Lipinski definition) is 1. The first-order valence-corrected chi connectivity index (χ1v) is 12.3. The lowest BCUT2D eigenvalue weighted by atomic mass is 9.95. The molecule has 1 N–H and O–H groups in total. The van der Waals surface area contributed by atoms with Crippen LogP contribution in [0.1, 0.15) is 29.8 Å². The van der Waals surface area contributed by atoms with Crippen molar-refractivity contribution in [3.05, 3.63) is 78.0 Å². The van der Waals surface area contributed by atoms with Crippen molar-refractivity contribution >= 4 is 28.7 Å². The summed E-state index contributed by atoms with van der Waals surface area (Å²) in [7, 11) is 0. The van der Waals surface area contributed by atoms with Gasteiger partial charge in [0.05, 0.1) is 23.3 Å². The van der Waals surface area contributed by atoms with Crippen LogP contribution in [-0.2, 0) is 11.3 Å². The molecule has 1 fully saturated rings. The summed E-state index contributed by atoms with van der Waals surface area (Å²) in [6.07, 6.45) is 1.68. The van der Waals surface area contributed by atoms with Gasteiger partial charge in [0.2, 0.25) is 16.3 Å². The second-order valence-corrected chi connectivity index (χ2v) is 9.93. The molecule has 0 radical (unpaired) electrons. The number of benzene rings is 2. The number of aromatic nitrogens is 2. The predicted octanol–water partition coefficient (Wildman–Crippen LogP) is 2.95. The van der Waals surface area contributed by atoms with Crippen LogP contribution in [0.2, 0.25) is 0 Å². The molecule has 1 saturated heterocycles. The number of nitrogens with one attached hydrogen (secondary N) is 1. The Labute approximate surface area is 203 Å². The standard InChI is InChI=1S/C25H29N5O3S/c1-25(2,19-34-23(31)21-11-7-4-8-12-21)24(32)26-22-18-30(27-33-22)29-15-13-28(14-16-29)17-20-9-5-3-6-10-20/h3-12,18H,13-17,19H2,1-2H3/p+1. The van der Waals surface area contributed by atoms with Gasteiger partial charge in [0.25, 0.3) is 6.20 Å². The monoisotopic (exact) mass is 480 g/mol. The fraction of sp³-hybridized carbons (Fsp3) is 0.360. The van der Waals surface area contributed by atoms with E-state index in [1.165, 1.54) is 5.56 Å². The normalized spacial score (nSPS) is 14.7. The Morgan fingerprint density at radius 3 is 2.35 bits per heavy atom. The third-order valence-corrected chi connectivity index (χ3v) is 7.13. The summed E-state index contributed by atoms with van der Waals surface area (Å²) in [5, 5.41) is 8.90. The first-order chi connectivity index (χ1) is 16.4. The molecule has 8 nitrogen and oxygen atoms in total. The predicted molar refractivity (Wildman–Crippen MR) is 132 cm³/mol. The molecule has 178 valence electrons. The van der Waals surface area contributed by atoms with Gasteiger partial charge in [-0.2, -0.15) is 5.01 Å². The van der Waals surface area contributed by atoms with Gasteiger partial charge in [-0.05, 0) is 5.56 Å². The van der Waals surface area contributed by atoms with Crippen LogP contribution in [0.15, 0.2) is 71.4 Å². The molecule has 2 aromatic carbocycles. The first-order valence-electron chi connectivity index (χ1n) is 11.3. The summed E-state index contributed by atoms with van der Waals surface area (Å²) in [5.74, 6) is 0.408. The average molecular weight is 481 g/mol. The number of hydrogen-bond acceptors (Lipinski definition) is 7. The lowest BCUT2D eigenvalue weighted by Gasteiger charge is -2.29. The fourth-order valence-electron chi connectivity index (χ4n) is 3.62. The Kier molecular flexibility index (Phi) is 7.64. The number of nitrogens with zero attached hydrogens (tertiary/aromatic N) is 4. The third kappa shape index (κ3) is 6.24. The maximum absolute atomic E-state index is 12.8. The minimum Gasteiger partial charge on any atom is -0.295 e. The molecule has 0 bridgehead atoms. The number of carbonyl (C=O) groups excluding carboxylic acids is 2. The van der Waals surface area contributed by atoms with Gasteiger partial charge >= 0.3 is 5.88 Å². The first kappa shape index (κ1) is 24.0. The molecule has 1 amide bonds. The number of piperazine rings is 1. The Hall–Kier alpha value is -3.17. The Balaban J connectivity index is 1.26. The maximum atomic E-state index is 12.8. The molecule has 0 aliphatic carbocycles. The van der Waals surface area contributed by atoms with Crippen molar-refractivity contribution < 1.29 is 18.9 Å². The molecule has 2 heterocycles. The highest BCUT2D eigenvalue weighted by Crippen LogP contribution is 2.26. The molecule has 1 aliphatic rings. The van der Waals surface area contributed by atoms with E-state index in [4.69, 9.17) is 4.52 Å². The van der Waals surface area contributed by atoms with Gasteiger partial charge in [-0.25, -0.2) is 0 Å². The lowest BCUT2D eigenvalue weighted by molar-refractivity contribution is -0.759. The van der Waals surface area contributed by atoms with Gasteiger partial charge < -0.3 is 0 Å². The van der Waals surface area contributed by atoms with E-state index < -0.39 is 5.41 Å².